The van der Waals surface area contributed by atoms with Gasteiger partial charge in [0.05, 0.1) is 35.1 Å². The number of hydrogen-bond acceptors (Lipinski definition) is 17. The monoisotopic (exact) mass is 1010 g/mol. The zero-order valence-electron chi connectivity index (χ0n) is 42.7. The van der Waals surface area contributed by atoms with Crippen LogP contribution in [0.1, 0.15) is 99.6 Å². The van der Waals surface area contributed by atoms with Crippen molar-refractivity contribution in [3.05, 3.63) is 108 Å². The van der Waals surface area contributed by atoms with Gasteiger partial charge in [0.2, 0.25) is 0 Å². The minimum atomic E-state index is -0.482. The van der Waals surface area contributed by atoms with Crippen molar-refractivity contribution in [3.8, 4) is 22.5 Å². The predicted molar refractivity (Wildman–Crippen MR) is 288 cm³/mol. The lowest BCUT2D eigenvalue weighted by Crippen LogP contribution is -2.36. The van der Waals surface area contributed by atoms with Gasteiger partial charge in [0.25, 0.3) is 12.0 Å². The Labute approximate surface area is 431 Å². The van der Waals surface area contributed by atoms with Gasteiger partial charge >= 0.3 is 0 Å². The van der Waals surface area contributed by atoms with Crippen LogP contribution in [0.15, 0.2) is 94.3 Å². The molecular formula is C56H58N14O5. The minimum absolute atomic E-state index is 0.106. The van der Waals surface area contributed by atoms with E-state index in [0.717, 1.165) is 133 Å². The molecule has 10 aromatic rings. The molecule has 7 heterocycles. The number of carbonyl (C=O) groups is 1. The molecule has 0 unspecified atom stereocenters. The summed E-state index contributed by atoms with van der Waals surface area (Å²) in [5.41, 5.74) is 26.8. The summed E-state index contributed by atoms with van der Waals surface area (Å²) in [6, 6.07) is 25.2. The van der Waals surface area contributed by atoms with Crippen molar-refractivity contribution in [2.24, 2.45) is 0 Å². The summed E-state index contributed by atoms with van der Waals surface area (Å²) in [6.07, 6.45) is 9.22. The van der Waals surface area contributed by atoms with Crippen molar-refractivity contribution in [2.45, 2.75) is 123 Å². The van der Waals surface area contributed by atoms with Crippen LogP contribution in [-0.4, -0.2) is 73.2 Å². The van der Waals surface area contributed by atoms with Gasteiger partial charge in [0.1, 0.15) is 52.5 Å². The number of oxazole rings is 2. The number of rotatable bonds is 8. The average molecular weight is 1010 g/mol. The summed E-state index contributed by atoms with van der Waals surface area (Å²) in [5, 5.41) is 18.0. The number of ether oxygens (including phenoxy) is 2. The maximum atomic E-state index is 11.7. The number of nitrogens with zero attached hydrogens (tertiary/aromatic N) is 10. The number of Topliss-reactive ketones (excluding diaryl/α,β-unsaturated/α-hetero) is 1. The second-order valence-electron chi connectivity index (χ2n) is 20.4. The molecule has 1 spiro atoms. The predicted octanol–water partition coefficient (Wildman–Crippen LogP) is 11.5. The van der Waals surface area contributed by atoms with E-state index in [2.05, 4.69) is 73.4 Å². The van der Waals surface area contributed by atoms with Gasteiger partial charge in [-0.1, -0.05) is 36.4 Å². The van der Waals surface area contributed by atoms with E-state index in [1.54, 1.807) is 0 Å². The third-order valence-electron chi connectivity index (χ3n) is 14.9. The Morgan fingerprint density at radius 1 is 0.587 bits per heavy atom. The van der Waals surface area contributed by atoms with Crippen LogP contribution in [0.3, 0.4) is 0 Å². The molecule has 75 heavy (non-hydrogen) atoms. The number of ketones is 1. The lowest BCUT2D eigenvalue weighted by Gasteiger charge is -2.36. The highest BCUT2D eigenvalue weighted by Gasteiger charge is 2.47. The summed E-state index contributed by atoms with van der Waals surface area (Å²) in [7, 11) is 0. The van der Waals surface area contributed by atoms with Gasteiger partial charge in [-0.25, -0.2) is 29.3 Å². The summed E-state index contributed by atoms with van der Waals surface area (Å²) >= 11 is 0. The Kier molecular flexibility index (Phi) is 12.0. The molecule has 382 valence electrons. The Hall–Kier alpha value is -8.29. The van der Waals surface area contributed by atoms with Crippen LogP contribution < -0.4 is 22.1 Å². The number of anilines is 6. The zero-order valence-corrected chi connectivity index (χ0v) is 42.7. The Balaban J connectivity index is 0.000000153. The summed E-state index contributed by atoms with van der Waals surface area (Å²) < 4.78 is 28.3. The van der Waals surface area contributed by atoms with Crippen molar-refractivity contribution >= 4 is 85.1 Å². The van der Waals surface area contributed by atoms with E-state index >= 15 is 0 Å². The van der Waals surface area contributed by atoms with Crippen molar-refractivity contribution in [1.29, 1.82) is 0 Å². The number of hydrogen-bond donors (Lipinski definition) is 4. The first-order valence-corrected chi connectivity index (χ1v) is 25.6. The summed E-state index contributed by atoms with van der Waals surface area (Å²) in [6.45, 7) is 12.3. The van der Waals surface area contributed by atoms with Gasteiger partial charge in [-0.3, -0.25) is 4.79 Å². The van der Waals surface area contributed by atoms with Gasteiger partial charge < -0.3 is 40.4 Å². The number of nitrogens with two attached hydrogens (primary N) is 2. The number of nitrogens with one attached hydrogen (secondary N) is 2. The zero-order chi connectivity index (χ0) is 51.7. The van der Waals surface area contributed by atoms with Crippen LogP contribution in [0.2, 0.25) is 0 Å². The van der Waals surface area contributed by atoms with Gasteiger partial charge in [-0.2, -0.15) is 20.2 Å². The highest BCUT2D eigenvalue weighted by Crippen LogP contribution is 2.45. The number of fused-ring (bicyclic) bond motifs is 4. The quantitative estimate of drug-likeness (QED) is 0.110. The standard InChI is InChI=1S/C30H33N7O3.C26H25N7O2/c1-16-13-17(2)26-23(14-16)35-29(38-26)34-21-7-5-20(6-8-21)25-24-27(31)32-15-33-28(24)37(36-25)22-9-11-30(12-10-22)39-18(3)19(4)40-30;1-14-11-15(2)23-20(12-14)31-26(35-23)30-17-5-3-16(4-6-17)22-21-24(27)28-13-29-25(21)33(32-22)18-7-9-19(34)10-8-18/h5-8,13-15,18-19,22H,9-12H2,1-4H3,(H,34,35)(H2,31,32,33);3-6,11-13,18H,7-10H2,1-2H3,(H,30,31)(H2,27,28,29)/t18-,19-;/m1./s1. The Morgan fingerprint density at radius 2 is 1.01 bits per heavy atom. The van der Waals surface area contributed by atoms with E-state index in [4.69, 9.17) is 40.0 Å². The molecule has 2 atom stereocenters. The number of aromatic nitrogens is 10. The number of nitrogen functional groups attached to an aromatic ring is 2. The van der Waals surface area contributed by atoms with E-state index in [1.807, 2.05) is 90.8 Å². The number of aryl methyl sites for hydroxylation is 4. The van der Waals surface area contributed by atoms with Crippen molar-refractivity contribution < 1.29 is 23.1 Å². The molecule has 2 aliphatic carbocycles. The Morgan fingerprint density at radius 3 is 1.45 bits per heavy atom. The molecule has 1 aliphatic heterocycles. The molecule has 13 rings (SSSR count). The SMILES string of the molecule is Cc1cc(C)c2oc(Nc3ccc(-c4nn(C5CCC(=O)CC5)c5ncnc(N)c45)cc3)nc2c1.Cc1cc(C)c2oc(Nc3ccc(-c4nn(C5CCC6(CC5)O[C@H](C)[C@@H](C)O6)c5ncnc(N)c45)cc3)nc2c1. The van der Waals surface area contributed by atoms with Gasteiger partial charge in [-0.05, 0) is 126 Å². The molecule has 0 amide bonds. The van der Waals surface area contributed by atoms with E-state index in [1.165, 1.54) is 12.7 Å². The fourth-order valence-electron chi connectivity index (χ4n) is 11.0. The third-order valence-corrected chi connectivity index (χ3v) is 14.9. The fraction of sp³-hybridized carbons (Fsp3) is 0.339. The van der Waals surface area contributed by atoms with E-state index in [-0.39, 0.29) is 24.3 Å². The lowest BCUT2D eigenvalue weighted by molar-refractivity contribution is -0.196. The number of carbonyl (C=O) groups excluding carboxylic acids is 1. The molecule has 19 nitrogen and oxygen atoms in total. The first-order chi connectivity index (χ1) is 36.2. The Bertz CT molecular complexity index is 3770. The van der Waals surface area contributed by atoms with Crippen LogP contribution in [-0.2, 0) is 14.3 Å². The molecule has 2 saturated carbocycles. The van der Waals surface area contributed by atoms with E-state index < -0.39 is 5.79 Å². The van der Waals surface area contributed by atoms with Crippen LogP contribution in [0.5, 0.6) is 0 Å². The molecule has 3 fully saturated rings. The van der Waals surface area contributed by atoms with Crippen molar-refractivity contribution in [1.82, 2.24) is 49.5 Å². The highest BCUT2D eigenvalue weighted by molar-refractivity contribution is 5.99. The molecule has 3 aliphatic rings. The molecule has 1 saturated heterocycles. The second kappa shape index (κ2) is 18.9. The molecular weight excluding hydrogens is 949 g/mol. The van der Waals surface area contributed by atoms with Gasteiger partial charge in [0.15, 0.2) is 28.2 Å². The topological polar surface area (TPSA) is 251 Å². The molecule has 6 aromatic heterocycles. The van der Waals surface area contributed by atoms with Crippen LogP contribution in [0.4, 0.5) is 35.0 Å². The number of benzene rings is 4. The molecule has 4 aromatic carbocycles. The first kappa shape index (κ1) is 47.7. The van der Waals surface area contributed by atoms with Crippen molar-refractivity contribution in [2.75, 3.05) is 22.1 Å². The second-order valence-corrected chi connectivity index (χ2v) is 20.4. The maximum Gasteiger partial charge on any atom is 0.300 e. The van der Waals surface area contributed by atoms with Gasteiger partial charge in [-0.15, -0.1) is 0 Å². The van der Waals surface area contributed by atoms with Gasteiger partial charge in [0, 0.05) is 48.2 Å². The molecule has 0 bridgehead atoms. The highest BCUT2D eigenvalue weighted by atomic mass is 16.8. The van der Waals surface area contributed by atoms with E-state index in [9.17, 15) is 4.79 Å². The van der Waals surface area contributed by atoms with E-state index in [0.29, 0.717) is 47.9 Å². The van der Waals surface area contributed by atoms with Crippen LogP contribution in [0, 0.1) is 27.7 Å². The summed E-state index contributed by atoms with van der Waals surface area (Å²) in [5.74, 6) is 0.634. The molecule has 19 heteroatoms. The maximum absolute atomic E-state index is 11.7. The van der Waals surface area contributed by atoms with Crippen LogP contribution >= 0.6 is 0 Å². The average Bonchev–Trinajstić information content (AvgIpc) is 4.23. The third kappa shape index (κ3) is 9.05. The normalized spacial score (nSPS) is 18.1. The summed E-state index contributed by atoms with van der Waals surface area (Å²) in [4.78, 5) is 38.5. The largest absolute Gasteiger partial charge is 0.423 e. The van der Waals surface area contributed by atoms with Crippen molar-refractivity contribution in [3.63, 3.8) is 0 Å². The minimum Gasteiger partial charge on any atom is -0.423 e. The molecule has 0 radical (unpaired) electrons. The smallest absolute Gasteiger partial charge is 0.300 e. The lowest BCUT2D eigenvalue weighted by atomic mass is 9.90. The van der Waals surface area contributed by atoms with Crippen LogP contribution in [0.25, 0.3) is 66.8 Å². The molecule has 6 N–H and O–H groups in total. The fourth-order valence-corrected chi connectivity index (χ4v) is 11.0. The first-order valence-electron chi connectivity index (χ1n) is 25.6.